The first-order valence-corrected chi connectivity index (χ1v) is 5.46. The van der Waals surface area contributed by atoms with Gasteiger partial charge in [0.1, 0.15) is 0 Å². The van der Waals surface area contributed by atoms with Crippen LogP contribution in [0.2, 0.25) is 0 Å². The Kier molecular flexibility index (Phi) is 2.44. The molecular formula is C13H11NO4. The normalized spacial score (nSPS) is 12.5. The lowest BCUT2D eigenvalue weighted by Crippen LogP contribution is -2.02. The monoisotopic (exact) mass is 245 g/mol. The highest BCUT2D eigenvalue weighted by atomic mass is 16.7. The van der Waals surface area contributed by atoms with Crippen molar-refractivity contribution in [3.05, 3.63) is 36.0 Å². The van der Waals surface area contributed by atoms with E-state index in [0.717, 1.165) is 5.56 Å². The number of methoxy groups -OCH3 is 1. The fourth-order valence-corrected chi connectivity index (χ4v) is 2.00. The summed E-state index contributed by atoms with van der Waals surface area (Å²) in [5, 5.41) is 0. The van der Waals surface area contributed by atoms with E-state index in [9.17, 15) is 4.79 Å². The Morgan fingerprint density at radius 1 is 1.33 bits per heavy atom. The summed E-state index contributed by atoms with van der Waals surface area (Å²) >= 11 is 0. The lowest BCUT2D eigenvalue weighted by atomic mass is 10.1. The van der Waals surface area contributed by atoms with Gasteiger partial charge in [0.2, 0.25) is 6.79 Å². The van der Waals surface area contributed by atoms with Crippen LogP contribution in [0, 0.1) is 0 Å². The van der Waals surface area contributed by atoms with Gasteiger partial charge in [-0.1, -0.05) is 6.07 Å². The van der Waals surface area contributed by atoms with Crippen molar-refractivity contribution >= 4 is 5.97 Å². The zero-order chi connectivity index (χ0) is 12.5. The van der Waals surface area contributed by atoms with Crippen LogP contribution in [0.1, 0.15) is 10.4 Å². The molecule has 18 heavy (non-hydrogen) atoms. The molecule has 0 saturated carbocycles. The van der Waals surface area contributed by atoms with E-state index in [4.69, 9.17) is 14.2 Å². The Balaban J connectivity index is 2.14. The van der Waals surface area contributed by atoms with Crippen molar-refractivity contribution in [3.8, 4) is 22.8 Å². The maximum absolute atomic E-state index is 11.7. The van der Waals surface area contributed by atoms with Gasteiger partial charge in [0.05, 0.1) is 18.4 Å². The second-order valence-electron chi connectivity index (χ2n) is 3.80. The number of para-hydroxylation sites is 1. The number of H-pyrrole nitrogens is 1. The third-order valence-electron chi connectivity index (χ3n) is 2.82. The lowest BCUT2D eigenvalue weighted by Gasteiger charge is -2.06. The summed E-state index contributed by atoms with van der Waals surface area (Å²) in [7, 11) is 1.36. The minimum absolute atomic E-state index is 0.195. The number of hydrogen-bond donors (Lipinski definition) is 1. The standard InChI is InChI=1S/C13H11NO4/c1-16-13(15)9-5-6-14-11(9)8-3-2-4-10-12(8)18-7-17-10/h2-6,14H,7H2,1H3. The van der Waals surface area contributed by atoms with Crippen molar-refractivity contribution in [3.63, 3.8) is 0 Å². The largest absolute Gasteiger partial charge is 0.465 e. The molecule has 1 aromatic heterocycles. The molecule has 1 aliphatic heterocycles. The average Bonchev–Trinajstić information content (AvgIpc) is 3.05. The number of rotatable bonds is 2. The number of esters is 1. The molecule has 92 valence electrons. The van der Waals surface area contributed by atoms with E-state index in [2.05, 4.69) is 4.98 Å². The van der Waals surface area contributed by atoms with E-state index >= 15 is 0 Å². The summed E-state index contributed by atoms with van der Waals surface area (Å²) < 4.78 is 15.5. The molecule has 0 spiro atoms. The molecule has 2 aromatic rings. The average molecular weight is 245 g/mol. The second kappa shape index (κ2) is 4.10. The van der Waals surface area contributed by atoms with Crippen LogP contribution in [-0.2, 0) is 4.74 Å². The van der Waals surface area contributed by atoms with Crippen molar-refractivity contribution in [2.24, 2.45) is 0 Å². The van der Waals surface area contributed by atoms with Crippen LogP contribution in [0.15, 0.2) is 30.5 Å². The first-order chi connectivity index (χ1) is 8.81. The van der Waals surface area contributed by atoms with Gasteiger partial charge in [-0.15, -0.1) is 0 Å². The second-order valence-corrected chi connectivity index (χ2v) is 3.80. The summed E-state index contributed by atoms with van der Waals surface area (Å²) in [6, 6.07) is 7.22. The maximum atomic E-state index is 11.7. The molecule has 0 aliphatic carbocycles. The summed E-state index contributed by atoms with van der Waals surface area (Å²) in [5.74, 6) is 0.936. The van der Waals surface area contributed by atoms with E-state index in [-0.39, 0.29) is 12.8 Å². The number of carbonyl (C=O) groups excluding carboxylic acids is 1. The van der Waals surface area contributed by atoms with Crippen LogP contribution < -0.4 is 9.47 Å². The number of hydrogen-bond acceptors (Lipinski definition) is 4. The number of benzene rings is 1. The highest BCUT2D eigenvalue weighted by Gasteiger charge is 2.22. The molecule has 1 aliphatic rings. The van der Waals surface area contributed by atoms with Crippen LogP contribution in [0.3, 0.4) is 0 Å². The van der Waals surface area contributed by atoms with Crippen molar-refractivity contribution in [2.75, 3.05) is 13.9 Å². The van der Waals surface area contributed by atoms with E-state index in [1.54, 1.807) is 12.3 Å². The van der Waals surface area contributed by atoms with Crippen molar-refractivity contribution in [2.45, 2.75) is 0 Å². The van der Waals surface area contributed by atoms with E-state index in [1.807, 2.05) is 18.2 Å². The van der Waals surface area contributed by atoms with Gasteiger partial charge in [-0.25, -0.2) is 4.79 Å². The predicted molar refractivity (Wildman–Crippen MR) is 63.7 cm³/mol. The van der Waals surface area contributed by atoms with Gasteiger partial charge in [0.15, 0.2) is 11.5 Å². The third kappa shape index (κ3) is 1.52. The third-order valence-corrected chi connectivity index (χ3v) is 2.82. The Morgan fingerprint density at radius 2 is 2.22 bits per heavy atom. The van der Waals surface area contributed by atoms with Gasteiger partial charge in [0, 0.05) is 11.8 Å². The van der Waals surface area contributed by atoms with E-state index in [0.29, 0.717) is 22.8 Å². The highest BCUT2D eigenvalue weighted by molar-refractivity contribution is 5.97. The SMILES string of the molecule is COC(=O)c1cc[nH]c1-c1cccc2c1OCO2. The fraction of sp³-hybridized carbons (Fsp3) is 0.154. The van der Waals surface area contributed by atoms with Gasteiger partial charge in [0.25, 0.3) is 0 Å². The van der Waals surface area contributed by atoms with Gasteiger partial charge < -0.3 is 19.2 Å². The molecule has 5 heteroatoms. The molecule has 0 atom stereocenters. The molecule has 0 radical (unpaired) electrons. The Labute approximate surface area is 103 Å². The zero-order valence-electron chi connectivity index (χ0n) is 9.73. The molecule has 1 aromatic carbocycles. The first-order valence-electron chi connectivity index (χ1n) is 5.46. The summed E-state index contributed by atoms with van der Waals surface area (Å²) in [5.41, 5.74) is 1.93. The molecule has 3 rings (SSSR count). The number of ether oxygens (including phenoxy) is 3. The van der Waals surface area contributed by atoms with Crippen LogP contribution in [0.4, 0.5) is 0 Å². The number of fused-ring (bicyclic) bond motifs is 1. The number of aromatic nitrogens is 1. The van der Waals surface area contributed by atoms with Gasteiger partial charge in [-0.2, -0.15) is 0 Å². The summed E-state index contributed by atoms with van der Waals surface area (Å²) in [4.78, 5) is 14.7. The fourth-order valence-electron chi connectivity index (χ4n) is 2.00. The topological polar surface area (TPSA) is 60.6 Å². The Bertz CT molecular complexity index is 603. The molecule has 0 bridgehead atoms. The van der Waals surface area contributed by atoms with Crippen molar-refractivity contribution < 1.29 is 19.0 Å². The maximum Gasteiger partial charge on any atom is 0.340 e. The van der Waals surface area contributed by atoms with Crippen LogP contribution >= 0.6 is 0 Å². The zero-order valence-corrected chi connectivity index (χ0v) is 9.73. The molecule has 0 saturated heterocycles. The Morgan fingerprint density at radius 3 is 3.06 bits per heavy atom. The van der Waals surface area contributed by atoms with Crippen LogP contribution in [0.5, 0.6) is 11.5 Å². The van der Waals surface area contributed by atoms with E-state index in [1.165, 1.54) is 7.11 Å². The molecule has 5 nitrogen and oxygen atoms in total. The Hall–Kier alpha value is -2.43. The molecule has 2 heterocycles. The minimum Gasteiger partial charge on any atom is -0.465 e. The summed E-state index contributed by atoms with van der Waals surface area (Å²) in [6.45, 7) is 0.195. The van der Waals surface area contributed by atoms with Gasteiger partial charge in [-0.3, -0.25) is 0 Å². The number of carbonyl (C=O) groups is 1. The highest BCUT2D eigenvalue weighted by Crippen LogP contribution is 2.41. The molecular weight excluding hydrogens is 234 g/mol. The smallest absolute Gasteiger partial charge is 0.340 e. The molecule has 1 N–H and O–H groups in total. The first kappa shape index (κ1) is 10.7. The molecule has 0 fully saturated rings. The van der Waals surface area contributed by atoms with Gasteiger partial charge >= 0.3 is 5.97 Å². The van der Waals surface area contributed by atoms with Crippen LogP contribution in [-0.4, -0.2) is 24.9 Å². The lowest BCUT2D eigenvalue weighted by molar-refractivity contribution is 0.0602. The van der Waals surface area contributed by atoms with Crippen LogP contribution in [0.25, 0.3) is 11.3 Å². The van der Waals surface area contributed by atoms with Crippen molar-refractivity contribution in [1.82, 2.24) is 4.98 Å². The summed E-state index contributed by atoms with van der Waals surface area (Å²) in [6.07, 6.45) is 1.69. The number of aromatic amines is 1. The van der Waals surface area contributed by atoms with Crippen molar-refractivity contribution in [1.29, 1.82) is 0 Å². The van der Waals surface area contributed by atoms with Gasteiger partial charge in [-0.05, 0) is 18.2 Å². The molecule has 0 unspecified atom stereocenters. The molecule has 0 amide bonds. The number of nitrogens with one attached hydrogen (secondary N) is 1. The minimum atomic E-state index is -0.386. The van der Waals surface area contributed by atoms with E-state index < -0.39 is 0 Å². The predicted octanol–water partition coefficient (Wildman–Crippen LogP) is 2.20. The quantitative estimate of drug-likeness (QED) is 0.824.